The van der Waals surface area contributed by atoms with Gasteiger partial charge in [-0.2, -0.15) is 0 Å². The molecule has 3 rings (SSSR count). The van der Waals surface area contributed by atoms with Crippen LogP contribution < -0.4 is 10.1 Å². The number of hydrogen-bond donors (Lipinski definition) is 2. The fourth-order valence-electron chi connectivity index (χ4n) is 2.97. The van der Waals surface area contributed by atoms with Gasteiger partial charge in [-0.05, 0) is 48.1 Å². The van der Waals surface area contributed by atoms with Crippen LogP contribution in [-0.2, 0) is 4.79 Å². The van der Waals surface area contributed by atoms with Gasteiger partial charge in [0.15, 0.2) is 0 Å². The fourth-order valence-corrected chi connectivity index (χ4v) is 2.97. The molecular formula is C20H23FN2O3. The molecule has 1 saturated carbocycles. The number of carbonyl (C=O) groups excluding carboxylic acids is 1. The third kappa shape index (κ3) is 4.38. The highest BCUT2D eigenvalue weighted by atomic mass is 19.1. The Labute approximate surface area is 152 Å². The number of aromatic nitrogens is 1. The zero-order valence-corrected chi connectivity index (χ0v) is 14.7. The summed E-state index contributed by atoms with van der Waals surface area (Å²) in [6.07, 6.45) is 3.24. The highest BCUT2D eigenvalue weighted by Crippen LogP contribution is 2.47. The van der Waals surface area contributed by atoms with E-state index in [1.807, 2.05) is 6.92 Å². The van der Waals surface area contributed by atoms with Crippen molar-refractivity contribution in [2.75, 3.05) is 13.2 Å². The Morgan fingerprint density at radius 1 is 1.35 bits per heavy atom. The number of carbonyl (C=O) groups is 1. The van der Waals surface area contributed by atoms with Gasteiger partial charge in [0.2, 0.25) is 11.8 Å². The molecule has 0 spiro atoms. The van der Waals surface area contributed by atoms with Gasteiger partial charge in [0, 0.05) is 18.2 Å². The molecule has 1 fully saturated rings. The number of hydrogen-bond acceptors (Lipinski definition) is 4. The number of nitrogens with zero attached hydrogens (tertiary/aromatic N) is 1. The van der Waals surface area contributed by atoms with Crippen LogP contribution >= 0.6 is 0 Å². The number of aliphatic hydroxyl groups is 1. The molecule has 2 N–H and O–H groups in total. The Bertz CT molecular complexity index is 734. The van der Waals surface area contributed by atoms with Crippen LogP contribution in [0.2, 0.25) is 0 Å². The molecule has 1 aliphatic carbocycles. The molecule has 1 heterocycles. The molecule has 0 radical (unpaired) electrons. The smallest absolute Gasteiger partial charge is 0.224 e. The second-order valence-electron chi connectivity index (χ2n) is 6.52. The molecule has 6 heteroatoms. The molecule has 2 aromatic rings. The van der Waals surface area contributed by atoms with Crippen LogP contribution in [0.25, 0.3) is 0 Å². The van der Waals surface area contributed by atoms with Crippen LogP contribution in [0.15, 0.2) is 42.6 Å². The predicted molar refractivity (Wildman–Crippen MR) is 95.2 cm³/mol. The lowest BCUT2D eigenvalue weighted by Crippen LogP contribution is -2.32. The first-order chi connectivity index (χ1) is 12.6. The van der Waals surface area contributed by atoms with Gasteiger partial charge >= 0.3 is 0 Å². The molecule has 5 nitrogen and oxygen atoms in total. The minimum Gasteiger partial charge on any atom is -0.478 e. The lowest BCUT2D eigenvalue weighted by atomic mass is 10.1. The van der Waals surface area contributed by atoms with Crippen LogP contribution in [0, 0.1) is 11.7 Å². The molecule has 0 aliphatic heterocycles. The monoisotopic (exact) mass is 358 g/mol. The minimum absolute atomic E-state index is 0.107. The van der Waals surface area contributed by atoms with Gasteiger partial charge < -0.3 is 15.2 Å². The summed E-state index contributed by atoms with van der Waals surface area (Å²) >= 11 is 0. The second kappa shape index (κ2) is 8.27. The summed E-state index contributed by atoms with van der Waals surface area (Å²) in [6, 6.07) is 9.28. The summed E-state index contributed by atoms with van der Waals surface area (Å²) in [5.74, 6) is 0.101. The van der Waals surface area contributed by atoms with Gasteiger partial charge in [-0.15, -0.1) is 0 Å². The number of ether oxygens (including phenoxy) is 1. The highest BCUT2D eigenvalue weighted by Gasteiger charge is 2.44. The third-order valence-corrected chi connectivity index (χ3v) is 4.54. The standard InChI is InChI=1S/C20H23FN2O3/c1-2-9-26-19-8-5-14(11-22-19)18(12-24)23-20(25)17-10-16(17)13-3-6-15(21)7-4-13/h3-8,11,16-18,24H,2,9-10,12H2,1H3,(H,23,25)/t16-,17+,18+/m1/s1. The van der Waals surface area contributed by atoms with Crippen molar-refractivity contribution in [2.45, 2.75) is 31.7 Å². The first kappa shape index (κ1) is 18.3. The van der Waals surface area contributed by atoms with Gasteiger partial charge in [-0.25, -0.2) is 9.37 Å². The Morgan fingerprint density at radius 3 is 2.73 bits per heavy atom. The quantitative estimate of drug-likeness (QED) is 0.761. The van der Waals surface area contributed by atoms with Gasteiger partial charge in [0.1, 0.15) is 5.82 Å². The van der Waals surface area contributed by atoms with Crippen molar-refractivity contribution >= 4 is 5.91 Å². The van der Waals surface area contributed by atoms with Crippen LogP contribution in [-0.4, -0.2) is 29.2 Å². The molecular weight excluding hydrogens is 335 g/mol. The number of pyridine rings is 1. The van der Waals surface area contributed by atoms with Crippen molar-refractivity contribution < 1.29 is 19.0 Å². The van der Waals surface area contributed by atoms with E-state index in [4.69, 9.17) is 4.74 Å². The largest absolute Gasteiger partial charge is 0.478 e. The number of rotatable bonds is 8. The fraction of sp³-hybridized carbons (Fsp3) is 0.400. The summed E-state index contributed by atoms with van der Waals surface area (Å²) in [5, 5.41) is 12.5. The van der Waals surface area contributed by atoms with Crippen LogP contribution in [0.4, 0.5) is 4.39 Å². The van der Waals surface area contributed by atoms with Crippen molar-refractivity contribution in [3.05, 3.63) is 59.5 Å². The molecule has 0 unspecified atom stereocenters. The van der Waals surface area contributed by atoms with E-state index in [-0.39, 0.29) is 30.2 Å². The van der Waals surface area contributed by atoms with E-state index >= 15 is 0 Å². The summed E-state index contributed by atoms with van der Waals surface area (Å²) in [4.78, 5) is 16.7. The Kier molecular flexibility index (Phi) is 5.83. The normalized spacial score (nSPS) is 19.7. The van der Waals surface area contributed by atoms with Crippen molar-refractivity contribution in [2.24, 2.45) is 5.92 Å². The average Bonchev–Trinajstić information content (AvgIpc) is 3.46. The SMILES string of the molecule is CCCOc1ccc([C@H](CO)NC(=O)[C@H]2C[C@@H]2c2ccc(F)cc2)cn1. The third-order valence-electron chi connectivity index (χ3n) is 4.54. The molecule has 1 amide bonds. The van der Waals surface area contributed by atoms with E-state index in [9.17, 15) is 14.3 Å². The number of aliphatic hydroxyl groups excluding tert-OH is 1. The lowest BCUT2D eigenvalue weighted by molar-refractivity contribution is -0.123. The maximum Gasteiger partial charge on any atom is 0.224 e. The maximum atomic E-state index is 13.0. The Morgan fingerprint density at radius 2 is 2.12 bits per heavy atom. The van der Waals surface area contributed by atoms with Crippen molar-refractivity contribution in [1.29, 1.82) is 0 Å². The van der Waals surface area contributed by atoms with Gasteiger partial charge in [0.25, 0.3) is 0 Å². The molecule has 138 valence electrons. The summed E-state index contributed by atoms with van der Waals surface area (Å²) in [7, 11) is 0. The molecule has 0 bridgehead atoms. The first-order valence-electron chi connectivity index (χ1n) is 8.87. The van der Waals surface area contributed by atoms with Gasteiger partial charge in [0.05, 0.1) is 19.3 Å². The lowest BCUT2D eigenvalue weighted by Gasteiger charge is -2.17. The van der Waals surface area contributed by atoms with E-state index in [1.54, 1.807) is 30.5 Å². The number of benzene rings is 1. The summed E-state index contributed by atoms with van der Waals surface area (Å²) in [5.41, 5.74) is 1.69. The number of nitrogens with one attached hydrogen (secondary N) is 1. The molecule has 0 saturated heterocycles. The van der Waals surface area contributed by atoms with E-state index in [1.165, 1.54) is 12.1 Å². The minimum atomic E-state index is -0.510. The van der Waals surface area contributed by atoms with Crippen LogP contribution in [0.3, 0.4) is 0 Å². The van der Waals surface area contributed by atoms with E-state index < -0.39 is 6.04 Å². The molecule has 1 aromatic carbocycles. The van der Waals surface area contributed by atoms with Crippen LogP contribution in [0.5, 0.6) is 5.88 Å². The van der Waals surface area contributed by atoms with Crippen LogP contribution in [0.1, 0.15) is 42.9 Å². The Balaban J connectivity index is 1.58. The molecule has 26 heavy (non-hydrogen) atoms. The molecule has 3 atom stereocenters. The van der Waals surface area contributed by atoms with Crippen molar-refractivity contribution in [3.63, 3.8) is 0 Å². The average molecular weight is 358 g/mol. The van der Waals surface area contributed by atoms with E-state index in [2.05, 4.69) is 10.3 Å². The predicted octanol–water partition coefficient (Wildman–Crippen LogP) is 2.96. The molecule has 1 aromatic heterocycles. The zero-order valence-electron chi connectivity index (χ0n) is 14.7. The van der Waals surface area contributed by atoms with E-state index in [0.717, 1.165) is 24.0 Å². The van der Waals surface area contributed by atoms with Crippen molar-refractivity contribution in [1.82, 2.24) is 10.3 Å². The Hall–Kier alpha value is -2.47. The topological polar surface area (TPSA) is 71.5 Å². The molecule has 1 aliphatic rings. The zero-order chi connectivity index (χ0) is 18.5. The van der Waals surface area contributed by atoms with Gasteiger partial charge in [-0.1, -0.05) is 19.1 Å². The number of halogens is 1. The van der Waals surface area contributed by atoms with E-state index in [0.29, 0.717) is 12.5 Å². The van der Waals surface area contributed by atoms with Crippen molar-refractivity contribution in [3.8, 4) is 5.88 Å². The first-order valence-corrected chi connectivity index (χ1v) is 8.87. The maximum absolute atomic E-state index is 13.0. The number of amides is 1. The van der Waals surface area contributed by atoms with Gasteiger partial charge in [-0.3, -0.25) is 4.79 Å². The second-order valence-corrected chi connectivity index (χ2v) is 6.52. The summed E-state index contributed by atoms with van der Waals surface area (Å²) in [6.45, 7) is 2.40. The highest BCUT2D eigenvalue weighted by molar-refractivity contribution is 5.83. The summed E-state index contributed by atoms with van der Waals surface area (Å²) < 4.78 is 18.4.